The van der Waals surface area contributed by atoms with Crippen LogP contribution in [0.3, 0.4) is 0 Å². The Kier molecular flexibility index (Phi) is 4.50. The fourth-order valence-corrected chi connectivity index (χ4v) is 1.62. The Labute approximate surface area is 111 Å². The molecule has 1 heterocycles. The Morgan fingerprint density at radius 1 is 1.06 bits per heavy atom. The summed E-state index contributed by atoms with van der Waals surface area (Å²) in [4.78, 5) is 0. The highest BCUT2D eigenvalue weighted by Gasteiger charge is 2.00. The number of halogens is 1. The highest BCUT2D eigenvalue weighted by Crippen LogP contribution is 2.19. The van der Waals surface area contributed by atoms with Gasteiger partial charge in [-0.25, -0.2) is 0 Å². The first-order chi connectivity index (χ1) is 8.79. The van der Waals surface area contributed by atoms with Crippen LogP contribution in [-0.4, -0.2) is 28.5 Å². The van der Waals surface area contributed by atoms with Gasteiger partial charge in [-0.1, -0.05) is 23.7 Å². The van der Waals surface area contributed by atoms with Crippen molar-refractivity contribution in [2.45, 2.75) is 6.42 Å². The first-order valence-corrected chi connectivity index (χ1v) is 6.12. The Balaban J connectivity index is 2.05. The number of nitrogens with one attached hydrogen (secondary N) is 1. The number of hydrogen-bond acceptors (Lipinski definition) is 4. The maximum Gasteiger partial charge on any atom is 0.148 e. The fourth-order valence-electron chi connectivity index (χ4n) is 1.50. The summed E-state index contributed by atoms with van der Waals surface area (Å²) in [6.07, 6.45) is 0.695. The molecule has 0 fully saturated rings. The van der Waals surface area contributed by atoms with Crippen molar-refractivity contribution < 1.29 is 5.11 Å². The number of nitrogens with zero attached hydrogens (tertiary/aromatic N) is 2. The number of rotatable bonds is 5. The van der Waals surface area contributed by atoms with E-state index in [9.17, 15) is 0 Å². The number of aromatic nitrogens is 2. The summed E-state index contributed by atoms with van der Waals surface area (Å²) in [5.74, 6) is 0.709. The summed E-state index contributed by atoms with van der Waals surface area (Å²) in [6.45, 7) is 0.856. The molecule has 0 atom stereocenters. The Morgan fingerprint density at radius 2 is 1.83 bits per heavy atom. The SMILES string of the molecule is OCCCNc1ccc(-c2ccc(Cl)cc2)nn1. The van der Waals surface area contributed by atoms with Crippen molar-refractivity contribution in [3.05, 3.63) is 41.4 Å². The van der Waals surface area contributed by atoms with Crippen LogP contribution < -0.4 is 5.32 Å². The van der Waals surface area contributed by atoms with Crippen molar-refractivity contribution >= 4 is 17.4 Å². The molecule has 2 aromatic rings. The highest BCUT2D eigenvalue weighted by molar-refractivity contribution is 6.30. The van der Waals surface area contributed by atoms with Crippen LogP contribution in [0.5, 0.6) is 0 Å². The van der Waals surface area contributed by atoms with Crippen molar-refractivity contribution in [2.24, 2.45) is 0 Å². The van der Waals surface area contributed by atoms with E-state index in [0.717, 1.165) is 11.3 Å². The van der Waals surface area contributed by atoms with Crippen molar-refractivity contribution in [1.82, 2.24) is 10.2 Å². The molecule has 4 nitrogen and oxygen atoms in total. The zero-order valence-corrected chi connectivity index (χ0v) is 10.6. The lowest BCUT2D eigenvalue weighted by Crippen LogP contribution is -2.05. The molecule has 0 aliphatic heterocycles. The van der Waals surface area contributed by atoms with Crippen molar-refractivity contribution in [2.75, 3.05) is 18.5 Å². The lowest BCUT2D eigenvalue weighted by molar-refractivity contribution is 0.292. The Hall–Kier alpha value is -1.65. The van der Waals surface area contributed by atoms with E-state index >= 15 is 0 Å². The zero-order valence-electron chi connectivity index (χ0n) is 9.81. The number of benzene rings is 1. The molecule has 94 valence electrons. The lowest BCUT2D eigenvalue weighted by atomic mass is 10.1. The van der Waals surface area contributed by atoms with Crippen LogP contribution in [0.25, 0.3) is 11.3 Å². The molecule has 0 amide bonds. The topological polar surface area (TPSA) is 58.0 Å². The van der Waals surface area contributed by atoms with Crippen LogP contribution in [0.1, 0.15) is 6.42 Å². The largest absolute Gasteiger partial charge is 0.396 e. The Bertz CT molecular complexity index is 485. The third-order valence-electron chi connectivity index (χ3n) is 2.45. The van der Waals surface area contributed by atoms with Crippen molar-refractivity contribution in [3.8, 4) is 11.3 Å². The summed E-state index contributed by atoms with van der Waals surface area (Å²) in [7, 11) is 0. The summed E-state index contributed by atoms with van der Waals surface area (Å²) < 4.78 is 0. The monoisotopic (exact) mass is 263 g/mol. The van der Waals surface area contributed by atoms with Gasteiger partial charge in [-0.05, 0) is 30.7 Å². The van der Waals surface area contributed by atoms with Gasteiger partial charge in [0.1, 0.15) is 5.82 Å². The molecule has 0 aliphatic carbocycles. The minimum Gasteiger partial charge on any atom is -0.396 e. The molecule has 0 aliphatic rings. The molecular weight excluding hydrogens is 250 g/mol. The maximum atomic E-state index is 8.67. The average Bonchev–Trinajstić information content (AvgIpc) is 2.41. The third-order valence-corrected chi connectivity index (χ3v) is 2.70. The van der Waals surface area contributed by atoms with Gasteiger partial charge in [0.25, 0.3) is 0 Å². The van der Waals surface area contributed by atoms with Gasteiger partial charge in [-0.2, -0.15) is 0 Å². The molecule has 1 aromatic heterocycles. The summed E-state index contributed by atoms with van der Waals surface area (Å²) in [5.41, 5.74) is 1.79. The van der Waals surface area contributed by atoms with E-state index in [4.69, 9.17) is 16.7 Å². The van der Waals surface area contributed by atoms with E-state index in [-0.39, 0.29) is 6.61 Å². The van der Waals surface area contributed by atoms with Gasteiger partial charge in [-0.3, -0.25) is 0 Å². The molecule has 0 radical (unpaired) electrons. The Morgan fingerprint density at radius 3 is 2.44 bits per heavy atom. The van der Waals surface area contributed by atoms with E-state index in [1.807, 2.05) is 36.4 Å². The predicted octanol–water partition coefficient (Wildman–Crippen LogP) is 2.59. The van der Waals surface area contributed by atoms with E-state index in [2.05, 4.69) is 15.5 Å². The van der Waals surface area contributed by atoms with Gasteiger partial charge >= 0.3 is 0 Å². The molecule has 18 heavy (non-hydrogen) atoms. The standard InChI is InChI=1S/C13H14ClN3O/c14-11-4-2-10(3-5-11)12-6-7-13(17-16-12)15-8-1-9-18/h2-7,18H,1,8-9H2,(H,15,17). The molecule has 0 bridgehead atoms. The van der Waals surface area contributed by atoms with Gasteiger partial charge in [0, 0.05) is 23.7 Å². The molecule has 2 N–H and O–H groups in total. The highest BCUT2D eigenvalue weighted by atomic mass is 35.5. The van der Waals surface area contributed by atoms with Crippen LogP contribution in [0.4, 0.5) is 5.82 Å². The van der Waals surface area contributed by atoms with Crippen molar-refractivity contribution in [3.63, 3.8) is 0 Å². The predicted molar refractivity (Wildman–Crippen MR) is 72.7 cm³/mol. The van der Waals surface area contributed by atoms with Gasteiger partial charge in [0.2, 0.25) is 0 Å². The average molecular weight is 264 g/mol. The number of hydrogen-bond donors (Lipinski definition) is 2. The molecule has 0 saturated carbocycles. The van der Waals surface area contributed by atoms with Crippen molar-refractivity contribution in [1.29, 1.82) is 0 Å². The van der Waals surface area contributed by atoms with Crippen LogP contribution >= 0.6 is 11.6 Å². The maximum absolute atomic E-state index is 8.67. The van der Waals surface area contributed by atoms with Gasteiger partial charge in [-0.15, -0.1) is 10.2 Å². The van der Waals surface area contributed by atoms with E-state index < -0.39 is 0 Å². The van der Waals surface area contributed by atoms with Gasteiger partial charge in [0.15, 0.2) is 0 Å². The number of aliphatic hydroxyl groups is 1. The second kappa shape index (κ2) is 6.33. The fraction of sp³-hybridized carbons (Fsp3) is 0.231. The molecule has 5 heteroatoms. The minimum atomic E-state index is 0.170. The van der Waals surface area contributed by atoms with Crippen LogP contribution in [0.15, 0.2) is 36.4 Å². The summed E-state index contributed by atoms with van der Waals surface area (Å²) >= 11 is 5.83. The lowest BCUT2D eigenvalue weighted by Gasteiger charge is -2.04. The second-order valence-electron chi connectivity index (χ2n) is 3.81. The second-order valence-corrected chi connectivity index (χ2v) is 4.25. The van der Waals surface area contributed by atoms with Gasteiger partial charge < -0.3 is 10.4 Å². The molecule has 1 aromatic carbocycles. The first-order valence-electron chi connectivity index (χ1n) is 5.74. The summed E-state index contributed by atoms with van der Waals surface area (Å²) in [5, 5.41) is 20.7. The first kappa shape index (κ1) is 12.8. The molecule has 0 unspecified atom stereocenters. The summed E-state index contributed by atoms with van der Waals surface area (Å²) in [6, 6.07) is 11.2. The van der Waals surface area contributed by atoms with E-state index in [1.165, 1.54) is 0 Å². The zero-order chi connectivity index (χ0) is 12.8. The smallest absolute Gasteiger partial charge is 0.148 e. The minimum absolute atomic E-state index is 0.170. The van der Waals surface area contributed by atoms with E-state index in [0.29, 0.717) is 23.8 Å². The molecule has 0 spiro atoms. The van der Waals surface area contributed by atoms with E-state index in [1.54, 1.807) is 0 Å². The molecule has 0 saturated heterocycles. The molecule has 2 rings (SSSR count). The van der Waals surface area contributed by atoms with Gasteiger partial charge in [0.05, 0.1) is 5.69 Å². The normalized spacial score (nSPS) is 10.3. The van der Waals surface area contributed by atoms with Crippen LogP contribution in [0, 0.1) is 0 Å². The number of aliphatic hydroxyl groups excluding tert-OH is 1. The van der Waals surface area contributed by atoms with Crippen LogP contribution in [-0.2, 0) is 0 Å². The van der Waals surface area contributed by atoms with Crippen LogP contribution in [0.2, 0.25) is 5.02 Å². The third kappa shape index (κ3) is 3.42. The molecular formula is C13H14ClN3O. The quantitative estimate of drug-likeness (QED) is 0.814. The number of anilines is 1.